The fourth-order valence-corrected chi connectivity index (χ4v) is 4.76. The second kappa shape index (κ2) is 11.0. The fraction of sp³-hybridized carbons (Fsp3) is 0.391. The summed E-state index contributed by atoms with van der Waals surface area (Å²) in [4.78, 5) is 28.4. The molecule has 33 heavy (non-hydrogen) atoms. The maximum absolute atomic E-state index is 13.2. The van der Waals surface area contributed by atoms with E-state index in [0.717, 1.165) is 12.0 Å². The van der Waals surface area contributed by atoms with Crippen molar-refractivity contribution in [2.24, 2.45) is 0 Å². The van der Waals surface area contributed by atoms with Crippen LogP contribution in [-0.2, 0) is 16.0 Å². The zero-order chi connectivity index (χ0) is 24.1. The molecule has 0 spiro atoms. The molecule has 1 aromatic carbocycles. The Hall–Kier alpha value is -2.62. The van der Waals surface area contributed by atoms with Crippen molar-refractivity contribution in [2.45, 2.75) is 44.1 Å². The molecule has 0 aliphatic heterocycles. The predicted octanol–water partition coefficient (Wildman–Crippen LogP) is 4.73. The number of hydrogen-bond acceptors (Lipinski definition) is 7. The number of rotatable bonds is 10. The lowest BCUT2D eigenvalue weighted by molar-refractivity contribution is 0.0599. The maximum Gasteiger partial charge on any atom is 0.339 e. The van der Waals surface area contributed by atoms with Gasteiger partial charge in [-0.05, 0) is 44.9 Å². The number of Topliss-reactive ketones (excluding diaryl/α,β-unsaturated/α-hetero) is 1. The molecule has 0 aliphatic rings. The van der Waals surface area contributed by atoms with Crippen LogP contribution in [0, 0.1) is 13.8 Å². The van der Waals surface area contributed by atoms with Gasteiger partial charge in [0.05, 0.1) is 28.6 Å². The van der Waals surface area contributed by atoms with E-state index in [9.17, 15) is 9.59 Å². The van der Waals surface area contributed by atoms with E-state index >= 15 is 0 Å². The number of H-pyrrole nitrogens is 1. The van der Waals surface area contributed by atoms with Gasteiger partial charge in [0.2, 0.25) is 0 Å². The first kappa shape index (κ1) is 25.0. The first-order valence-electron chi connectivity index (χ1n) is 10.5. The van der Waals surface area contributed by atoms with E-state index in [1.54, 1.807) is 27.0 Å². The van der Waals surface area contributed by atoms with Gasteiger partial charge < -0.3 is 19.0 Å². The molecule has 0 aliphatic carbocycles. The molecule has 2 aromatic heterocycles. The molecule has 2 heterocycles. The SMILES string of the molecule is COCCCn1c(SC(C)C(=O)c2[nH]c(C)c(C(=O)OC)c2C)nnc1-c1ccccc1Cl. The first-order valence-corrected chi connectivity index (χ1v) is 11.7. The topological polar surface area (TPSA) is 99.1 Å². The minimum absolute atomic E-state index is 0.138. The van der Waals surface area contributed by atoms with E-state index in [0.29, 0.717) is 51.7 Å². The molecule has 3 aromatic rings. The van der Waals surface area contributed by atoms with Gasteiger partial charge in [-0.1, -0.05) is 35.5 Å². The lowest BCUT2D eigenvalue weighted by Gasteiger charge is -2.13. The fourth-order valence-electron chi connectivity index (χ4n) is 3.61. The Morgan fingerprint density at radius 1 is 1.21 bits per heavy atom. The molecular formula is C23H27ClN4O4S. The summed E-state index contributed by atoms with van der Waals surface area (Å²) in [6, 6.07) is 7.45. The van der Waals surface area contributed by atoms with Gasteiger partial charge in [-0.2, -0.15) is 0 Å². The minimum atomic E-state index is -0.475. The number of carbonyl (C=O) groups is 2. The normalized spacial score (nSPS) is 12.1. The number of aromatic amines is 1. The van der Waals surface area contributed by atoms with Gasteiger partial charge in [-0.15, -0.1) is 10.2 Å². The molecule has 0 radical (unpaired) electrons. The summed E-state index contributed by atoms with van der Waals surface area (Å²) < 4.78 is 12.0. The van der Waals surface area contributed by atoms with E-state index in [-0.39, 0.29) is 5.78 Å². The van der Waals surface area contributed by atoms with Gasteiger partial charge in [-0.25, -0.2) is 4.79 Å². The van der Waals surface area contributed by atoms with Crippen LogP contribution in [0.4, 0.5) is 0 Å². The summed E-state index contributed by atoms with van der Waals surface area (Å²) in [6.07, 6.45) is 0.749. The van der Waals surface area contributed by atoms with E-state index in [2.05, 4.69) is 15.2 Å². The van der Waals surface area contributed by atoms with Crippen molar-refractivity contribution >= 4 is 35.1 Å². The molecule has 1 N–H and O–H groups in total. The van der Waals surface area contributed by atoms with Crippen molar-refractivity contribution in [3.05, 3.63) is 51.8 Å². The number of nitrogens with zero attached hydrogens (tertiary/aromatic N) is 3. The molecule has 0 saturated heterocycles. The second-order valence-electron chi connectivity index (χ2n) is 7.52. The summed E-state index contributed by atoms with van der Waals surface area (Å²) in [6.45, 7) is 6.48. The number of carbonyl (C=O) groups excluding carboxylic acids is 2. The average molecular weight is 491 g/mol. The van der Waals surface area contributed by atoms with Crippen LogP contribution in [0.15, 0.2) is 29.4 Å². The van der Waals surface area contributed by atoms with Crippen molar-refractivity contribution in [1.82, 2.24) is 19.7 Å². The highest BCUT2D eigenvalue weighted by Crippen LogP contribution is 2.32. The van der Waals surface area contributed by atoms with Crippen LogP contribution in [0.1, 0.15) is 45.4 Å². The summed E-state index contributed by atoms with van der Waals surface area (Å²) in [5, 5.41) is 9.43. The van der Waals surface area contributed by atoms with Crippen LogP contribution < -0.4 is 0 Å². The molecule has 10 heteroatoms. The number of thioether (sulfide) groups is 1. The third-order valence-corrected chi connectivity index (χ3v) is 6.70. The summed E-state index contributed by atoms with van der Waals surface area (Å²) in [7, 11) is 2.97. The number of halogens is 1. The molecule has 1 atom stereocenters. The van der Waals surface area contributed by atoms with E-state index < -0.39 is 11.2 Å². The van der Waals surface area contributed by atoms with Crippen molar-refractivity contribution in [2.75, 3.05) is 20.8 Å². The zero-order valence-corrected chi connectivity index (χ0v) is 20.8. The Balaban J connectivity index is 1.90. The first-order chi connectivity index (χ1) is 15.8. The molecule has 0 bridgehead atoms. The molecule has 0 saturated carbocycles. The van der Waals surface area contributed by atoms with Crippen molar-refractivity contribution in [3.8, 4) is 11.4 Å². The summed E-state index contributed by atoms with van der Waals surface area (Å²) in [5.74, 6) is 0.0306. The van der Waals surface area contributed by atoms with E-state index in [1.165, 1.54) is 18.9 Å². The van der Waals surface area contributed by atoms with Crippen LogP contribution in [0.2, 0.25) is 5.02 Å². The average Bonchev–Trinajstić information content (AvgIpc) is 3.33. The van der Waals surface area contributed by atoms with Gasteiger partial charge in [0, 0.05) is 31.5 Å². The number of benzene rings is 1. The van der Waals surface area contributed by atoms with Crippen LogP contribution in [0.3, 0.4) is 0 Å². The van der Waals surface area contributed by atoms with Gasteiger partial charge in [-0.3, -0.25) is 4.79 Å². The van der Waals surface area contributed by atoms with Crippen LogP contribution in [0.5, 0.6) is 0 Å². The van der Waals surface area contributed by atoms with Crippen LogP contribution in [0.25, 0.3) is 11.4 Å². The van der Waals surface area contributed by atoms with Gasteiger partial charge >= 0.3 is 5.97 Å². The van der Waals surface area contributed by atoms with Gasteiger partial charge in [0.15, 0.2) is 16.8 Å². The largest absolute Gasteiger partial charge is 0.465 e. The standard InChI is InChI=1S/C23H27ClN4O4S/c1-13-18(22(30)32-5)14(2)25-19(13)20(29)15(3)33-23-27-26-21(28(23)11-8-12-31-4)16-9-6-7-10-17(16)24/h6-7,9-10,15,25H,8,11-12H2,1-5H3. The highest BCUT2D eigenvalue weighted by Gasteiger charge is 2.27. The lowest BCUT2D eigenvalue weighted by atomic mass is 10.1. The predicted molar refractivity (Wildman–Crippen MR) is 128 cm³/mol. The lowest BCUT2D eigenvalue weighted by Crippen LogP contribution is -2.17. The number of esters is 1. The maximum atomic E-state index is 13.2. The molecular weight excluding hydrogens is 464 g/mol. The van der Waals surface area contributed by atoms with Crippen molar-refractivity contribution in [1.29, 1.82) is 0 Å². The minimum Gasteiger partial charge on any atom is -0.465 e. The van der Waals surface area contributed by atoms with Gasteiger partial charge in [0.1, 0.15) is 0 Å². The second-order valence-corrected chi connectivity index (χ2v) is 9.24. The zero-order valence-electron chi connectivity index (χ0n) is 19.3. The molecule has 8 nitrogen and oxygen atoms in total. The summed E-state index contributed by atoms with van der Waals surface area (Å²) >= 11 is 7.71. The smallest absolute Gasteiger partial charge is 0.339 e. The number of nitrogens with one attached hydrogen (secondary N) is 1. The van der Waals surface area contributed by atoms with Crippen LogP contribution >= 0.6 is 23.4 Å². The molecule has 0 amide bonds. The van der Waals surface area contributed by atoms with E-state index in [1.807, 2.05) is 29.7 Å². The molecule has 1 unspecified atom stereocenters. The Bertz CT molecular complexity index is 1160. The monoisotopic (exact) mass is 490 g/mol. The van der Waals surface area contributed by atoms with Crippen molar-refractivity contribution < 1.29 is 19.1 Å². The third kappa shape index (κ3) is 5.31. The van der Waals surface area contributed by atoms with Crippen LogP contribution in [-0.4, -0.2) is 57.6 Å². The number of hydrogen-bond donors (Lipinski definition) is 1. The Morgan fingerprint density at radius 2 is 1.94 bits per heavy atom. The molecule has 3 rings (SSSR count). The number of ketones is 1. The van der Waals surface area contributed by atoms with Crippen molar-refractivity contribution in [3.63, 3.8) is 0 Å². The Morgan fingerprint density at radius 3 is 2.61 bits per heavy atom. The highest BCUT2D eigenvalue weighted by molar-refractivity contribution is 8.00. The number of methoxy groups -OCH3 is 2. The molecule has 0 fully saturated rings. The number of aryl methyl sites for hydroxylation is 1. The Kier molecular flexibility index (Phi) is 8.34. The number of aromatic nitrogens is 4. The molecule has 176 valence electrons. The highest BCUT2D eigenvalue weighted by atomic mass is 35.5. The van der Waals surface area contributed by atoms with Gasteiger partial charge in [0.25, 0.3) is 0 Å². The third-order valence-electron chi connectivity index (χ3n) is 5.29. The quantitative estimate of drug-likeness (QED) is 0.190. The number of ether oxygens (including phenoxy) is 2. The Labute approximate surface area is 202 Å². The van der Waals surface area contributed by atoms with E-state index in [4.69, 9.17) is 21.1 Å². The summed E-state index contributed by atoms with van der Waals surface area (Å²) in [5.41, 5.74) is 2.73.